The molecule has 0 aromatic heterocycles. The average Bonchev–Trinajstić information content (AvgIpc) is 2.97. The smallest absolute Gasteiger partial charge is 0.338 e. The van der Waals surface area contributed by atoms with E-state index in [2.05, 4.69) is 5.32 Å². The van der Waals surface area contributed by atoms with Crippen LogP contribution in [0.4, 0.5) is 5.69 Å². The summed E-state index contributed by atoms with van der Waals surface area (Å²) in [5.41, 5.74) is 0.769. The van der Waals surface area contributed by atoms with Crippen LogP contribution < -0.4 is 5.32 Å². The average molecular weight is 398 g/mol. The molecule has 0 aliphatic carbocycles. The van der Waals surface area contributed by atoms with Gasteiger partial charge in [-0.3, -0.25) is 9.59 Å². The van der Waals surface area contributed by atoms with E-state index < -0.39 is 28.3 Å². The van der Waals surface area contributed by atoms with Crippen molar-refractivity contribution in [2.45, 2.75) is 17.4 Å². The number of esters is 1. The van der Waals surface area contributed by atoms with Crippen molar-refractivity contribution in [2.75, 3.05) is 36.2 Å². The van der Waals surface area contributed by atoms with Gasteiger partial charge in [0.1, 0.15) is 0 Å². The zero-order valence-corrected chi connectivity index (χ0v) is 15.7. The Hall–Kier alpha value is -2.07. The normalized spacial score (nSPS) is 20.8. The number of thioether (sulfide) groups is 1. The van der Waals surface area contributed by atoms with E-state index in [1.807, 2.05) is 0 Å². The molecule has 0 spiro atoms. The number of nitrogens with one attached hydrogen (secondary N) is 1. The monoisotopic (exact) mass is 398 g/mol. The maximum absolute atomic E-state index is 12.2. The van der Waals surface area contributed by atoms with Gasteiger partial charge in [0.2, 0.25) is 5.91 Å². The predicted octanol–water partition coefficient (Wildman–Crippen LogP) is 0.533. The molecule has 0 radical (unpaired) electrons. The number of benzene rings is 1. The van der Waals surface area contributed by atoms with Crippen molar-refractivity contribution in [1.82, 2.24) is 4.90 Å². The van der Waals surface area contributed by atoms with Crippen molar-refractivity contribution in [1.29, 1.82) is 0 Å². The summed E-state index contributed by atoms with van der Waals surface area (Å²) in [6.07, 6.45) is 0.390. The second-order valence-corrected chi connectivity index (χ2v) is 9.43. The molecule has 0 saturated carbocycles. The summed E-state index contributed by atoms with van der Waals surface area (Å²) < 4.78 is 28.1. The molecular weight excluding hydrogens is 380 g/mol. The maximum atomic E-state index is 12.2. The van der Waals surface area contributed by atoms with Gasteiger partial charge in [-0.25, -0.2) is 13.2 Å². The maximum Gasteiger partial charge on any atom is 0.338 e. The molecule has 2 aliphatic heterocycles. The van der Waals surface area contributed by atoms with Crippen molar-refractivity contribution >= 4 is 45.1 Å². The zero-order valence-electron chi connectivity index (χ0n) is 14.1. The van der Waals surface area contributed by atoms with Crippen molar-refractivity contribution in [2.24, 2.45) is 0 Å². The standard InChI is InChI=1S/C16H18N2O6S2/c1-18(11-4-5-26(22,23)9-11)15(20)7-24-16(21)10-2-3-13-12(6-10)17-14(19)8-25-13/h2-3,6,11H,4-5,7-9H2,1H3,(H,17,19)/t11-/m0/s1. The van der Waals surface area contributed by atoms with Crippen LogP contribution in [-0.4, -0.2) is 68.1 Å². The molecule has 10 heteroatoms. The number of nitrogens with zero attached hydrogens (tertiary/aromatic N) is 1. The van der Waals surface area contributed by atoms with Gasteiger partial charge < -0.3 is 15.0 Å². The largest absolute Gasteiger partial charge is 0.452 e. The lowest BCUT2D eigenvalue weighted by molar-refractivity contribution is -0.134. The lowest BCUT2D eigenvalue weighted by atomic mass is 10.2. The number of hydrogen-bond donors (Lipinski definition) is 1. The van der Waals surface area contributed by atoms with Gasteiger partial charge >= 0.3 is 5.97 Å². The molecule has 1 N–H and O–H groups in total. The first-order valence-electron chi connectivity index (χ1n) is 7.95. The molecule has 8 nitrogen and oxygen atoms in total. The van der Waals surface area contributed by atoms with E-state index in [0.717, 1.165) is 4.90 Å². The predicted molar refractivity (Wildman–Crippen MR) is 95.9 cm³/mol. The summed E-state index contributed by atoms with van der Waals surface area (Å²) in [6, 6.07) is 4.41. The molecule has 1 atom stereocenters. The number of fused-ring (bicyclic) bond motifs is 1. The quantitative estimate of drug-likeness (QED) is 0.737. The van der Waals surface area contributed by atoms with Crippen LogP contribution in [0, 0.1) is 0 Å². The summed E-state index contributed by atoms with van der Waals surface area (Å²) >= 11 is 1.38. The number of ether oxygens (including phenoxy) is 1. The first-order valence-corrected chi connectivity index (χ1v) is 10.8. The van der Waals surface area contributed by atoms with Gasteiger partial charge in [-0.05, 0) is 24.6 Å². The van der Waals surface area contributed by atoms with Crippen LogP contribution in [-0.2, 0) is 24.2 Å². The number of amides is 2. The summed E-state index contributed by atoms with van der Waals surface area (Å²) in [4.78, 5) is 37.9. The van der Waals surface area contributed by atoms with Crippen molar-refractivity contribution in [3.63, 3.8) is 0 Å². The lowest BCUT2D eigenvalue weighted by Crippen LogP contribution is -2.40. The molecule has 1 aromatic rings. The number of likely N-dealkylation sites (N-methyl/N-ethyl adjacent to an activating group) is 1. The first kappa shape index (κ1) is 18.7. The highest BCUT2D eigenvalue weighted by molar-refractivity contribution is 8.00. The van der Waals surface area contributed by atoms with Crippen LogP contribution in [0.1, 0.15) is 16.8 Å². The number of rotatable bonds is 4. The molecule has 140 valence electrons. The summed E-state index contributed by atoms with van der Waals surface area (Å²) in [7, 11) is -1.59. The van der Waals surface area contributed by atoms with Crippen LogP contribution in [0.5, 0.6) is 0 Å². The third-order valence-corrected chi connectivity index (χ3v) is 7.15. The molecule has 0 unspecified atom stereocenters. The van der Waals surface area contributed by atoms with E-state index in [-0.39, 0.29) is 29.0 Å². The van der Waals surface area contributed by atoms with E-state index in [1.165, 1.54) is 29.8 Å². The van der Waals surface area contributed by atoms with Gasteiger partial charge in [-0.1, -0.05) is 0 Å². The Labute approximate surface area is 155 Å². The van der Waals surface area contributed by atoms with Crippen molar-refractivity contribution in [3.8, 4) is 0 Å². The van der Waals surface area contributed by atoms with Crippen LogP contribution in [0.15, 0.2) is 23.1 Å². The first-order chi connectivity index (χ1) is 12.2. The molecular formula is C16H18N2O6S2. The van der Waals surface area contributed by atoms with Gasteiger partial charge in [0.05, 0.1) is 28.5 Å². The molecule has 2 aliphatic rings. The molecule has 2 amide bonds. The second kappa shape index (κ2) is 7.28. The fraction of sp³-hybridized carbons (Fsp3) is 0.438. The Morgan fingerprint density at radius 2 is 2.15 bits per heavy atom. The highest BCUT2D eigenvalue weighted by atomic mass is 32.2. The van der Waals surface area contributed by atoms with Gasteiger partial charge in [-0.2, -0.15) is 0 Å². The van der Waals surface area contributed by atoms with Crippen LogP contribution in [0.2, 0.25) is 0 Å². The molecule has 3 rings (SSSR count). The Morgan fingerprint density at radius 3 is 2.85 bits per heavy atom. The highest BCUT2D eigenvalue weighted by Crippen LogP contribution is 2.32. The van der Waals surface area contributed by atoms with Crippen molar-refractivity contribution < 1.29 is 27.5 Å². The number of anilines is 1. The summed E-state index contributed by atoms with van der Waals surface area (Å²) in [5.74, 6) is -0.953. The molecule has 1 fully saturated rings. The van der Waals surface area contributed by atoms with Crippen LogP contribution in [0.3, 0.4) is 0 Å². The third kappa shape index (κ3) is 4.18. The number of sulfone groups is 1. The number of hydrogen-bond acceptors (Lipinski definition) is 7. The minimum Gasteiger partial charge on any atom is -0.452 e. The zero-order chi connectivity index (χ0) is 18.9. The fourth-order valence-corrected chi connectivity index (χ4v) is 5.37. The Bertz CT molecular complexity index is 867. The molecule has 2 heterocycles. The van der Waals surface area contributed by atoms with E-state index in [4.69, 9.17) is 4.74 Å². The number of carbonyl (C=O) groups excluding carboxylic acids is 3. The van der Waals surface area contributed by atoms with Gasteiger partial charge in [-0.15, -0.1) is 11.8 Å². The van der Waals surface area contributed by atoms with Gasteiger partial charge in [0.25, 0.3) is 5.91 Å². The topological polar surface area (TPSA) is 110 Å². The molecule has 1 saturated heterocycles. The van der Waals surface area contributed by atoms with E-state index >= 15 is 0 Å². The summed E-state index contributed by atoms with van der Waals surface area (Å²) in [6.45, 7) is -0.468. The van der Waals surface area contributed by atoms with Gasteiger partial charge in [0.15, 0.2) is 16.4 Å². The van der Waals surface area contributed by atoms with E-state index in [9.17, 15) is 22.8 Å². The Morgan fingerprint density at radius 1 is 1.38 bits per heavy atom. The molecule has 0 bridgehead atoms. The van der Waals surface area contributed by atoms with E-state index in [0.29, 0.717) is 17.9 Å². The Balaban J connectivity index is 1.58. The number of carbonyl (C=O) groups is 3. The second-order valence-electron chi connectivity index (χ2n) is 6.19. The molecule has 26 heavy (non-hydrogen) atoms. The van der Waals surface area contributed by atoms with Crippen LogP contribution >= 0.6 is 11.8 Å². The molecule has 1 aromatic carbocycles. The Kier molecular flexibility index (Phi) is 5.24. The SMILES string of the molecule is CN(C(=O)COC(=O)c1ccc2c(c1)NC(=O)CS2)[C@H]1CCS(=O)(=O)C1. The van der Waals surface area contributed by atoms with Gasteiger partial charge in [0, 0.05) is 18.0 Å². The minimum atomic E-state index is -3.10. The fourth-order valence-electron chi connectivity index (χ4n) is 2.81. The van der Waals surface area contributed by atoms with E-state index in [1.54, 1.807) is 12.1 Å². The van der Waals surface area contributed by atoms with Crippen molar-refractivity contribution in [3.05, 3.63) is 23.8 Å². The minimum absolute atomic E-state index is 0.0634. The van der Waals surface area contributed by atoms with Crippen LogP contribution in [0.25, 0.3) is 0 Å². The summed E-state index contributed by atoms with van der Waals surface area (Å²) in [5, 5.41) is 2.68. The highest BCUT2D eigenvalue weighted by Gasteiger charge is 2.33. The lowest BCUT2D eigenvalue weighted by Gasteiger charge is -2.23. The third-order valence-electron chi connectivity index (χ3n) is 4.32.